The van der Waals surface area contributed by atoms with Crippen LogP contribution in [0.15, 0.2) is 47.2 Å². The number of pyridine rings is 1. The lowest BCUT2D eigenvalue weighted by Gasteiger charge is -2.20. The summed E-state index contributed by atoms with van der Waals surface area (Å²) in [4.78, 5) is 4.07. The molecule has 0 amide bonds. The molecule has 0 aliphatic heterocycles. The Kier molecular flexibility index (Phi) is 5.78. The SMILES string of the molecule is CCNC(Cc1ccncc1)c1cc(Br)ccc1I. The van der Waals surface area contributed by atoms with E-state index in [1.807, 2.05) is 12.4 Å². The molecule has 0 saturated carbocycles. The maximum absolute atomic E-state index is 4.07. The van der Waals surface area contributed by atoms with Gasteiger partial charge in [-0.15, -0.1) is 0 Å². The molecule has 1 atom stereocenters. The second kappa shape index (κ2) is 7.36. The Morgan fingerprint density at radius 2 is 2.00 bits per heavy atom. The predicted molar refractivity (Wildman–Crippen MR) is 91.2 cm³/mol. The molecular formula is C15H16BrIN2. The summed E-state index contributed by atoms with van der Waals surface area (Å²) in [6.45, 7) is 3.10. The van der Waals surface area contributed by atoms with Crippen molar-refractivity contribution < 1.29 is 0 Å². The highest BCUT2D eigenvalue weighted by Crippen LogP contribution is 2.26. The molecule has 1 aromatic carbocycles. The molecular weight excluding hydrogens is 415 g/mol. The maximum Gasteiger partial charge on any atom is 0.0371 e. The van der Waals surface area contributed by atoms with E-state index in [2.05, 4.69) is 86.1 Å². The summed E-state index contributed by atoms with van der Waals surface area (Å²) in [6.07, 6.45) is 4.68. The normalized spacial score (nSPS) is 12.4. The molecule has 100 valence electrons. The topological polar surface area (TPSA) is 24.9 Å². The van der Waals surface area contributed by atoms with Crippen LogP contribution in [0.3, 0.4) is 0 Å². The number of halogens is 2. The average molecular weight is 431 g/mol. The van der Waals surface area contributed by atoms with Crippen molar-refractivity contribution in [3.8, 4) is 0 Å². The highest BCUT2D eigenvalue weighted by atomic mass is 127. The van der Waals surface area contributed by atoms with Crippen LogP contribution in [0.4, 0.5) is 0 Å². The van der Waals surface area contributed by atoms with Crippen molar-refractivity contribution in [1.82, 2.24) is 10.3 Å². The van der Waals surface area contributed by atoms with Crippen molar-refractivity contribution in [2.45, 2.75) is 19.4 Å². The Morgan fingerprint density at radius 3 is 2.68 bits per heavy atom. The molecule has 2 rings (SSSR count). The van der Waals surface area contributed by atoms with E-state index in [1.165, 1.54) is 14.7 Å². The lowest BCUT2D eigenvalue weighted by atomic mass is 9.99. The van der Waals surface area contributed by atoms with Crippen LogP contribution in [0.2, 0.25) is 0 Å². The van der Waals surface area contributed by atoms with E-state index < -0.39 is 0 Å². The van der Waals surface area contributed by atoms with Crippen LogP contribution in [0, 0.1) is 3.57 Å². The van der Waals surface area contributed by atoms with Gasteiger partial charge in [0.15, 0.2) is 0 Å². The fourth-order valence-corrected chi connectivity index (χ4v) is 3.16. The number of hydrogen-bond donors (Lipinski definition) is 1. The van der Waals surface area contributed by atoms with Crippen LogP contribution in [-0.2, 0) is 6.42 Å². The lowest BCUT2D eigenvalue weighted by Crippen LogP contribution is -2.23. The van der Waals surface area contributed by atoms with Crippen molar-refractivity contribution in [1.29, 1.82) is 0 Å². The molecule has 1 N–H and O–H groups in total. The summed E-state index contributed by atoms with van der Waals surface area (Å²) in [7, 11) is 0. The van der Waals surface area contributed by atoms with Crippen molar-refractivity contribution in [2.24, 2.45) is 0 Å². The van der Waals surface area contributed by atoms with E-state index >= 15 is 0 Å². The van der Waals surface area contributed by atoms with Gasteiger partial charge in [-0.25, -0.2) is 0 Å². The monoisotopic (exact) mass is 430 g/mol. The smallest absolute Gasteiger partial charge is 0.0371 e. The van der Waals surface area contributed by atoms with E-state index in [0.29, 0.717) is 6.04 Å². The van der Waals surface area contributed by atoms with Gasteiger partial charge in [0, 0.05) is 26.5 Å². The Morgan fingerprint density at radius 1 is 1.26 bits per heavy atom. The third kappa shape index (κ3) is 4.26. The number of benzene rings is 1. The van der Waals surface area contributed by atoms with Gasteiger partial charge in [0.05, 0.1) is 0 Å². The molecule has 1 unspecified atom stereocenters. The largest absolute Gasteiger partial charge is 0.310 e. The zero-order valence-electron chi connectivity index (χ0n) is 10.7. The molecule has 0 aliphatic rings. The molecule has 2 aromatic rings. The van der Waals surface area contributed by atoms with E-state index in [4.69, 9.17) is 0 Å². The number of hydrogen-bond acceptors (Lipinski definition) is 2. The van der Waals surface area contributed by atoms with Gasteiger partial charge >= 0.3 is 0 Å². The highest BCUT2D eigenvalue weighted by molar-refractivity contribution is 14.1. The van der Waals surface area contributed by atoms with Crippen molar-refractivity contribution in [3.63, 3.8) is 0 Å². The van der Waals surface area contributed by atoms with Crippen molar-refractivity contribution in [3.05, 3.63) is 61.9 Å². The summed E-state index contributed by atoms with van der Waals surface area (Å²) in [5.74, 6) is 0. The van der Waals surface area contributed by atoms with E-state index in [0.717, 1.165) is 17.4 Å². The first kappa shape index (κ1) is 14.9. The van der Waals surface area contributed by atoms with Crippen LogP contribution in [0.1, 0.15) is 24.1 Å². The maximum atomic E-state index is 4.07. The van der Waals surface area contributed by atoms with Gasteiger partial charge in [0.1, 0.15) is 0 Å². The molecule has 0 aliphatic carbocycles. The number of rotatable bonds is 5. The molecule has 0 radical (unpaired) electrons. The van der Waals surface area contributed by atoms with Crippen LogP contribution >= 0.6 is 38.5 Å². The number of likely N-dealkylation sites (N-methyl/N-ethyl adjacent to an activating group) is 1. The lowest BCUT2D eigenvalue weighted by molar-refractivity contribution is 0.547. The molecule has 4 heteroatoms. The predicted octanol–water partition coefficient (Wildman–Crippen LogP) is 4.34. The van der Waals surface area contributed by atoms with Crippen molar-refractivity contribution >= 4 is 38.5 Å². The number of nitrogens with zero attached hydrogens (tertiary/aromatic N) is 1. The third-order valence-corrected chi connectivity index (χ3v) is 4.45. The first-order valence-corrected chi connectivity index (χ1v) is 8.15. The third-order valence-electron chi connectivity index (χ3n) is 2.97. The van der Waals surface area contributed by atoms with E-state index in [9.17, 15) is 0 Å². The molecule has 0 spiro atoms. The summed E-state index contributed by atoms with van der Waals surface area (Å²) in [6, 6.07) is 10.9. The van der Waals surface area contributed by atoms with Crippen LogP contribution in [0.5, 0.6) is 0 Å². The first-order chi connectivity index (χ1) is 9.20. The van der Waals surface area contributed by atoms with Crippen LogP contribution in [-0.4, -0.2) is 11.5 Å². The van der Waals surface area contributed by atoms with Gasteiger partial charge in [-0.3, -0.25) is 4.98 Å². The molecule has 1 aromatic heterocycles. The Hall–Kier alpha value is -0.460. The molecule has 19 heavy (non-hydrogen) atoms. The minimum absolute atomic E-state index is 0.330. The minimum Gasteiger partial charge on any atom is -0.310 e. The van der Waals surface area contributed by atoms with Crippen LogP contribution < -0.4 is 5.32 Å². The zero-order valence-corrected chi connectivity index (χ0v) is 14.5. The second-order valence-electron chi connectivity index (χ2n) is 4.34. The van der Waals surface area contributed by atoms with Gasteiger partial charge in [0.25, 0.3) is 0 Å². The average Bonchev–Trinajstić information content (AvgIpc) is 2.42. The Labute approximate surface area is 136 Å². The van der Waals surface area contributed by atoms with E-state index in [1.54, 1.807) is 0 Å². The number of aromatic nitrogens is 1. The fourth-order valence-electron chi connectivity index (χ4n) is 2.07. The zero-order chi connectivity index (χ0) is 13.7. The summed E-state index contributed by atoms with van der Waals surface area (Å²) in [5.41, 5.74) is 2.64. The molecule has 0 bridgehead atoms. The van der Waals surface area contributed by atoms with Gasteiger partial charge in [-0.1, -0.05) is 22.9 Å². The Bertz CT molecular complexity index is 531. The standard InChI is InChI=1S/C15H16BrIN2/c1-2-19-15(9-11-5-7-18-8-6-11)13-10-12(16)3-4-14(13)17/h3-8,10,15,19H,2,9H2,1H3. The van der Waals surface area contributed by atoms with Gasteiger partial charge in [-0.05, 0) is 77.0 Å². The summed E-state index contributed by atoms with van der Waals surface area (Å²) in [5, 5.41) is 3.57. The van der Waals surface area contributed by atoms with Crippen LogP contribution in [0.25, 0.3) is 0 Å². The second-order valence-corrected chi connectivity index (χ2v) is 6.41. The van der Waals surface area contributed by atoms with Gasteiger partial charge < -0.3 is 5.32 Å². The first-order valence-electron chi connectivity index (χ1n) is 6.28. The summed E-state index contributed by atoms with van der Waals surface area (Å²) < 4.78 is 2.42. The van der Waals surface area contributed by atoms with Crippen molar-refractivity contribution in [2.75, 3.05) is 6.54 Å². The molecule has 0 fully saturated rings. The quantitative estimate of drug-likeness (QED) is 0.713. The molecule has 1 heterocycles. The summed E-state index contributed by atoms with van der Waals surface area (Å²) >= 11 is 5.96. The molecule has 0 saturated heterocycles. The Balaban J connectivity index is 2.27. The van der Waals surface area contributed by atoms with Gasteiger partial charge in [0.2, 0.25) is 0 Å². The highest BCUT2D eigenvalue weighted by Gasteiger charge is 2.14. The van der Waals surface area contributed by atoms with Gasteiger partial charge in [-0.2, -0.15) is 0 Å². The van der Waals surface area contributed by atoms with E-state index in [-0.39, 0.29) is 0 Å². The molecule has 2 nitrogen and oxygen atoms in total. The number of nitrogens with one attached hydrogen (secondary N) is 1. The minimum atomic E-state index is 0.330. The fraction of sp³-hybridized carbons (Fsp3) is 0.267.